The summed E-state index contributed by atoms with van der Waals surface area (Å²) in [6.07, 6.45) is 0. The van der Waals surface area contributed by atoms with Crippen LogP contribution in [0, 0.1) is 0 Å². The second-order valence-corrected chi connectivity index (χ2v) is 6.17. The fraction of sp³-hybridized carbons (Fsp3) is 0.368. The Morgan fingerprint density at radius 2 is 1.56 bits per heavy atom. The van der Waals surface area contributed by atoms with Crippen molar-refractivity contribution in [2.45, 2.75) is 0 Å². The van der Waals surface area contributed by atoms with E-state index in [1.54, 1.807) is 19.2 Å². The molecule has 0 amide bonds. The van der Waals surface area contributed by atoms with Gasteiger partial charge in [-0.05, 0) is 36.4 Å². The second-order valence-electron chi connectivity index (χ2n) is 6.17. The van der Waals surface area contributed by atoms with E-state index >= 15 is 0 Å². The van der Waals surface area contributed by atoms with Crippen LogP contribution >= 0.6 is 0 Å². The molecule has 0 aliphatic carbocycles. The number of benzene rings is 2. The fourth-order valence-electron chi connectivity index (χ4n) is 2.96. The molecule has 2 aromatic rings. The van der Waals surface area contributed by atoms with Gasteiger partial charge in [-0.15, -0.1) is 0 Å². The molecule has 1 aliphatic rings. The third-order valence-electron chi connectivity index (χ3n) is 4.54. The zero-order chi connectivity index (χ0) is 17.6. The van der Waals surface area contributed by atoms with E-state index < -0.39 is 0 Å². The van der Waals surface area contributed by atoms with Crippen molar-refractivity contribution in [2.75, 3.05) is 62.8 Å². The van der Waals surface area contributed by atoms with Gasteiger partial charge in [0.2, 0.25) is 0 Å². The average Bonchev–Trinajstić information content (AvgIpc) is 2.65. The molecule has 0 saturated carbocycles. The first kappa shape index (κ1) is 17.2. The van der Waals surface area contributed by atoms with Gasteiger partial charge in [0.25, 0.3) is 0 Å². The van der Waals surface area contributed by atoms with Gasteiger partial charge in [0, 0.05) is 44.5 Å². The van der Waals surface area contributed by atoms with Crippen molar-refractivity contribution < 1.29 is 9.47 Å². The normalized spacial score (nSPS) is 15.2. The number of nitrogens with zero attached hydrogens (tertiary/aromatic N) is 2. The number of rotatable bonds is 6. The molecule has 134 valence electrons. The minimum Gasteiger partial charge on any atom is -0.497 e. The zero-order valence-electron chi connectivity index (χ0n) is 14.6. The molecule has 0 unspecified atom stereocenters. The number of nitrogen functional groups attached to an aromatic ring is 2. The largest absolute Gasteiger partial charge is 0.497 e. The van der Waals surface area contributed by atoms with Crippen LogP contribution in [0.15, 0.2) is 42.5 Å². The number of anilines is 3. The van der Waals surface area contributed by atoms with Crippen molar-refractivity contribution in [2.24, 2.45) is 0 Å². The predicted octanol–water partition coefficient (Wildman–Crippen LogP) is 2.06. The highest BCUT2D eigenvalue weighted by molar-refractivity contribution is 5.65. The van der Waals surface area contributed by atoms with E-state index in [0.29, 0.717) is 18.0 Å². The van der Waals surface area contributed by atoms with E-state index in [-0.39, 0.29) is 0 Å². The molecule has 1 aliphatic heterocycles. The summed E-state index contributed by atoms with van der Waals surface area (Å²) in [5.74, 6) is 1.66. The van der Waals surface area contributed by atoms with Gasteiger partial charge in [-0.3, -0.25) is 4.90 Å². The average molecular weight is 342 g/mol. The summed E-state index contributed by atoms with van der Waals surface area (Å²) in [6, 6.07) is 13.6. The summed E-state index contributed by atoms with van der Waals surface area (Å²) >= 11 is 0. The Hall–Kier alpha value is -2.60. The van der Waals surface area contributed by atoms with Gasteiger partial charge in [0.05, 0.1) is 18.5 Å². The highest BCUT2D eigenvalue weighted by Gasteiger charge is 2.17. The van der Waals surface area contributed by atoms with E-state index in [4.69, 9.17) is 20.9 Å². The summed E-state index contributed by atoms with van der Waals surface area (Å²) in [7, 11) is 1.69. The van der Waals surface area contributed by atoms with Crippen LogP contribution in [0.3, 0.4) is 0 Å². The third kappa shape index (κ3) is 4.48. The maximum absolute atomic E-state index is 5.80. The van der Waals surface area contributed by atoms with Crippen LogP contribution in [0.1, 0.15) is 0 Å². The Balaban J connectivity index is 1.42. The van der Waals surface area contributed by atoms with Crippen molar-refractivity contribution in [3.63, 3.8) is 0 Å². The molecule has 25 heavy (non-hydrogen) atoms. The molecule has 1 fully saturated rings. The van der Waals surface area contributed by atoms with Gasteiger partial charge < -0.3 is 25.8 Å². The van der Waals surface area contributed by atoms with Crippen LogP contribution < -0.4 is 25.8 Å². The molecule has 1 saturated heterocycles. The van der Waals surface area contributed by atoms with E-state index in [1.807, 2.05) is 18.2 Å². The highest BCUT2D eigenvalue weighted by Crippen LogP contribution is 2.22. The lowest BCUT2D eigenvalue weighted by atomic mass is 10.2. The molecule has 6 heteroatoms. The summed E-state index contributed by atoms with van der Waals surface area (Å²) in [5.41, 5.74) is 13.9. The molecule has 0 bridgehead atoms. The molecule has 0 radical (unpaired) electrons. The van der Waals surface area contributed by atoms with Gasteiger partial charge in [-0.1, -0.05) is 0 Å². The monoisotopic (exact) mass is 342 g/mol. The zero-order valence-corrected chi connectivity index (χ0v) is 14.6. The molecule has 0 spiro atoms. The first-order chi connectivity index (χ1) is 12.2. The number of hydrogen-bond donors (Lipinski definition) is 2. The molecule has 0 aromatic heterocycles. The highest BCUT2D eigenvalue weighted by atomic mass is 16.5. The minimum absolute atomic E-state index is 0.561. The van der Waals surface area contributed by atoms with Crippen LogP contribution in [0.25, 0.3) is 0 Å². The van der Waals surface area contributed by atoms with Crippen LogP contribution in [0.2, 0.25) is 0 Å². The molecule has 1 heterocycles. The van der Waals surface area contributed by atoms with Crippen LogP contribution in [-0.2, 0) is 0 Å². The Bertz CT molecular complexity index is 682. The Morgan fingerprint density at radius 3 is 2.20 bits per heavy atom. The molecular weight excluding hydrogens is 316 g/mol. The van der Waals surface area contributed by atoms with Crippen molar-refractivity contribution in [3.8, 4) is 11.5 Å². The number of piperazine rings is 1. The molecule has 2 aromatic carbocycles. The van der Waals surface area contributed by atoms with Gasteiger partial charge in [-0.2, -0.15) is 0 Å². The van der Waals surface area contributed by atoms with Gasteiger partial charge in [0.1, 0.15) is 18.1 Å². The standard InChI is InChI=1S/C19H26N4O2/c1-24-16-4-2-15(3-5-16)23-10-8-22(9-11-23)12-13-25-17-6-7-18(20)19(21)14-17/h2-7,14H,8-13,20-21H2,1H3. The second kappa shape index (κ2) is 7.98. The molecule has 0 atom stereocenters. The van der Waals surface area contributed by atoms with Crippen molar-refractivity contribution in [1.82, 2.24) is 4.90 Å². The number of methoxy groups -OCH3 is 1. The first-order valence-corrected chi connectivity index (χ1v) is 8.55. The van der Waals surface area contributed by atoms with Crippen molar-refractivity contribution in [3.05, 3.63) is 42.5 Å². The van der Waals surface area contributed by atoms with Crippen molar-refractivity contribution in [1.29, 1.82) is 0 Å². The lowest BCUT2D eigenvalue weighted by Gasteiger charge is -2.36. The maximum atomic E-state index is 5.80. The quantitative estimate of drug-likeness (QED) is 0.783. The smallest absolute Gasteiger partial charge is 0.121 e. The summed E-state index contributed by atoms with van der Waals surface area (Å²) < 4.78 is 11.0. The SMILES string of the molecule is COc1ccc(N2CCN(CCOc3ccc(N)c(N)c3)CC2)cc1. The Kier molecular flexibility index (Phi) is 5.50. The summed E-state index contributed by atoms with van der Waals surface area (Å²) in [6.45, 7) is 5.63. The Morgan fingerprint density at radius 1 is 0.880 bits per heavy atom. The molecular formula is C19H26N4O2. The van der Waals surface area contributed by atoms with E-state index in [9.17, 15) is 0 Å². The lowest BCUT2D eigenvalue weighted by Crippen LogP contribution is -2.47. The molecule has 3 rings (SSSR count). The van der Waals surface area contributed by atoms with Crippen LogP contribution in [0.5, 0.6) is 11.5 Å². The van der Waals surface area contributed by atoms with E-state index in [0.717, 1.165) is 44.2 Å². The van der Waals surface area contributed by atoms with Crippen LogP contribution in [0.4, 0.5) is 17.1 Å². The topological polar surface area (TPSA) is 77.0 Å². The maximum Gasteiger partial charge on any atom is 0.121 e. The minimum atomic E-state index is 0.561. The fourth-order valence-corrected chi connectivity index (χ4v) is 2.96. The molecule has 6 nitrogen and oxygen atoms in total. The number of nitrogens with two attached hydrogens (primary N) is 2. The van der Waals surface area contributed by atoms with Gasteiger partial charge in [0.15, 0.2) is 0 Å². The molecule has 4 N–H and O–H groups in total. The predicted molar refractivity (Wildman–Crippen MR) is 102 cm³/mol. The van der Waals surface area contributed by atoms with Gasteiger partial charge in [-0.25, -0.2) is 0 Å². The lowest BCUT2D eigenvalue weighted by molar-refractivity contribution is 0.200. The summed E-state index contributed by atoms with van der Waals surface area (Å²) in [4.78, 5) is 4.82. The Labute approximate surface area is 148 Å². The number of ether oxygens (including phenoxy) is 2. The first-order valence-electron chi connectivity index (χ1n) is 8.55. The van der Waals surface area contributed by atoms with Crippen LogP contribution in [-0.4, -0.2) is 51.3 Å². The number of hydrogen-bond acceptors (Lipinski definition) is 6. The van der Waals surface area contributed by atoms with E-state index in [1.165, 1.54) is 5.69 Å². The van der Waals surface area contributed by atoms with Gasteiger partial charge >= 0.3 is 0 Å². The van der Waals surface area contributed by atoms with E-state index in [2.05, 4.69) is 21.9 Å². The third-order valence-corrected chi connectivity index (χ3v) is 4.54. The van der Waals surface area contributed by atoms with Crippen molar-refractivity contribution >= 4 is 17.1 Å². The summed E-state index contributed by atoms with van der Waals surface area (Å²) in [5, 5.41) is 0.